The number of aromatic nitrogens is 2. The fourth-order valence-corrected chi connectivity index (χ4v) is 6.81. The highest BCUT2D eigenvalue weighted by atomic mass is 32.2. The SMILES string of the molecule is CCn1c(SCC(=O)NC2CCCC2)nc2cc(S(=O)(=O)N3CCCCC3)ccc21. The topological polar surface area (TPSA) is 84.3 Å². The van der Waals surface area contributed by atoms with Crippen LogP contribution >= 0.6 is 11.8 Å². The molecule has 1 N–H and O–H groups in total. The average Bonchev–Trinajstić information content (AvgIpc) is 3.39. The quantitative estimate of drug-likeness (QED) is 0.654. The predicted molar refractivity (Wildman–Crippen MR) is 119 cm³/mol. The zero-order valence-corrected chi connectivity index (χ0v) is 19.1. The van der Waals surface area contributed by atoms with Crippen molar-refractivity contribution in [1.29, 1.82) is 0 Å². The number of thioether (sulfide) groups is 1. The van der Waals surface area contributed by atoms with Gasteiger partial charge in [0, 0.05) is 25.7 Å². The minimum atomic E-state index is -3.49. The second-order valence-corrected chi connectivity index (χ2v) is 11.0. The van der Waals surface area contributed by atoms with Gasteiger partial charge in [-0.25, -0.2) is 13.4 Å². The number of sulfonamides is 1. The third-order valence-electron chi connectivity index (χ3n) is 6.01. The van der Waals surface area contributed by atoms with Gasteiger partial charge in [0.15, 0.2) is 5.16 Å². The smallest absolute Gasteiger partial charge is 0.243 e. The second kappa shape index (κ2) is 9.28. The van der Waals surface area contributed by atoms with E-state index in [1.165, 1.54) is 24.6 Å². The van der Waals surface area contributed by atoms with Crippen molar-refractivity contribution >= 4 is 38.7 Å². The highest BCUT2D eigenvalue weighted by Crippen LogP contribution is 2.28. The van der Waals surface area contributed by atoms with Gasteiger partial charge < -0.3 is 9.88 Å². The highest BCUT2D eigenvalue weighted by Gasteiger charge is 2.27. The summed E-state index contributed by atoms with van der Waals surface area (Å²) in [5, 5.41) is 3.86. The summed E-state index contributed by atoms with van der Waals surface area (Å²) in [7, 11) is -3.49. The van der Waals surface area contributed by atoms with Crippen LogP contribution in [0.4, 0.5) is 0 Å². The summed E-state index contributed by atoms with van der Waals surface area (Å²) in [6.45, 7) is 3.91. The van der Waals surface area contributed by atoms with E-state index in [-0.39, 0.29) is 5.91 Å². The Morgan fingerprint density at radius 3 is 2.60 bits per heavy atom. The number of carbonyl (C=O) groups is 1. The molecule has 0 spiro atoms. The van der Waals surface area contributed by atoms with Gasteiger partial charge >= 0.3 is 0 Å². The normalized spacial score (nSPS) is 18.8. The molecule has 1 saturated carbocycles. The lowest BCUT2D eigenvalue weighted by atomic mass is 10.2. The molecule has 30 heavy (non-hydrogen) atoms. The van der Waals surface area contributed by atoms with Gasteiger partial charge in [-0.3, -0.25) is 4.79 Å². The fourth-order valence-electron chi connectivity index (χ4n) is 4.39. The molecule has 0 unspecified atom stereocenters. The van der Waals surface area contributed by atoms with E-state index < -0.39 is 10.0 Å². The van der Waals surface area contributed by atoms with Gasteiger partial charge in [0.05, 0.1) is 21.7 Å². The van der Waals surface area contributed by atoms with Crippen LogP contribution in [0, 0.1) is 0 Å². The number of rotatable bonds is 7. The van der Waals surface area contributed by atoms with Crippen LogP contribution < -0.4 is 5.32 Å². The lowest BCUT2D eigenvalue weighted by molar-refractivity contribution is -0.119. The molecule has 1 aromatic carbocycles. The van der Waals surface area contributed by atoms with E-state index in [4.69, 9.17) is 0 Å². The summed E-state index contributed by atoms with van der Waals surface area (Å²) in [6.07, 6.45) is 7.42. The van der Waals surface area contributed by atoms with Gasteiger partial charge in [-0.2, -0.15) is 4.31 Å². The molecular formula is C21H30N4O3S2. The van der Waals surface area contributed by atoms with Crippen molar-refractivity contribution in [2.45, 2.75) is 74.5 Å². The van der Waals surface area contributed by atoms with Crippen LogP contribution in [0.2, 0.25) is 0 Å². The predicted octanol–water partition coefficient (Wildman–Crippen LogP) is 3.38. The molecule has 0 bridgehead atoms. The zero-order valence-electron chi connectivity index (χ0n) is 17.5. The second-order valence-electron chi connectivity index (χ2n) is 8.09. The van der Waals surface area contributed by atoms with Crippen molar-refractivity contribution in [3.05, 3.63) is 18.2 Å². The molecule has 1 saturated heterocycles. The van der Waals surface area contributed by atoms with Crippen molar-refractivity contribution in [2.75, 3.05) is 18.8 Å². The molecule has 1 amide bonds. The van der Waals surface area contributed by atoms with Gasteiger partial charge in [-0.05, 0) is 50.8 Å². The first kappa shape index (κ1) is 21.6. The summed E-state index contributed by atoms with van der Waals surface area (Å²) in [5.41, 5.74) is 1.56. The molecule has 0 atom stereocenters. The first-order valence-corrected chi connectivity index (χ1v) is 13.3. The van der Waals surface area contributed by atoms with Gasteiger partial charge in [0.2, 0.25) is 15.9 Å². The molecule has 1 aliphatic heterocycles. The Morgan fingerprint density at radius 1 is 1.17 bits per heavy atom. The molecule has 9 heteroatoms. The molecule has 164 valence electrons. The number of hydrogen-bond donors (Lipinski definition) is 1. The van der Waals surface area contributed by atoms with Crippen LogP contribution in [0.3, 0.4) is 0 Å². The Kier molecular flexibility index (Phi) is 6.69. The van der Waals surface area contributed by atoms with E-state index in [9.17, 15) is 13.2 Å². The summed E-state index contributed by atoms with van der Waals surface area (Å²) in [5.74, 6) is 0.355. The van der Waals surface area contributed by atoms with Crippen LogP contribution in [-0.2, 0) is 21.4 Å². The van der Waals surface area contributed by atoms with E-state index in [1.807, 2.05) is 17.6 Å². The number of hydrogen-bond acceptors (Lipinski definition) is 5. The molecule has 7 nitrogen and oxygen atoms in total. The van der Waals surface area contributed by atoms with Gasteiger partial charge in [0.25, 0.3) is 0 Å². The first-order valence-electron chi connectivity index (χ1n) is 10.9. The Hall–Kier alpha value is -1.58. The highest BCUT2D eigenvalue weighted by molar-refractivity contribution is 7.99. The number of piperidine rings is 1. The van der Waals surface area contributed by atoms with E-state index in [1.54, 1.807) is 16.4 Å². The lowest BCUT2D eigenvalue weighted by Crippen LogP contribution is -2.35. The largest absolute Gasteiger partial charge is 0.353 e. The van der Waals surface area contributed by atoms with E-state index in [2.05, 4.69) is 10.3 Å². The number of carbonyl (C=O) groups excluding carboxylic acids is 1. The summed E-state index contributed by atoms with van der Waals surface area (Å²) < 4.78 is 29.6. The standard InChI is InChI=1S/C21H30N4O3S2/c1-2-25-19-11-10-17(30(27,28)24-12-6-3-7-13-24)14-18(19)23-21(25)29-15-20(26)22-16-8-4-5-9-16/h10-11,14,16H,2-9,12-13,15H2,1H3,(H,22,26). The minimum Gasteiger partial charge on any atom is -0.353 e. The van der Waals surface area contributed by atoms with E-state index in [0.29, 0.717) is 41.8 Å². The number of nitrogens with one attached hydrogen (secondary N) is 1. The van der Waals surface area contributed by atoms with Crippen molar-refractivity contribution in [3.63, 3.8) is 0 Å². The molecule has 1 aromatic heterocycles. The van der Waals surface area contributed by atoms with Gasteiger partial charge in [-0.1, -0.05) is 31.0 Å². The summed E-state index contributed by atoms with van der Waals surface area (Å²) in [4.78, 5) is 17.3. The van der Waals surface area contributed by atoms with Gasteiger partial charge in [0.1, 0.15) is 0 Å². The van der Waals surface area contributed by atoms with Crippen LogP contribution in [0.15, 0.2) is 28.3 Å². The lowest BCUT2D eigenvalue weighted by Gasteiger charge is -2.25. The van der Waals surface area contributed by atoms with E-state index >= 15 is 0 Å². The van der Waals surface area contributed by atoms with Crippen LogP contribution in [0.5, 0.6) is 0 Å². The number of aryl methyl sites for hydroxylation is 1. The minimum absolute atomic E-state index is 0.0370. The fraction of sp³-hybridized carbons (Fsp3) is 0.619. The maximum Gasteiger partial charge on any atom is 0.243 e. The third kappa shape index (κ3) is 4.53. The molecule has 2 fully saturated rings. The summed E-state index contributed by atoms with van der Waals surface area (Å²) >= 11 is 1.41. The molecule has 2 aromatic rings. The molecule has 1 aliphatic carbocycles. The Labute approximate surface area is 182 Å². The maximum atomic E-state index is 13.0. The zero-order chi connectivity index (χ0) is 21.1. The van der Waals surface area contributed by atoms with Crippen molar-refractivity contribution in [2.24, 2.45) is 0 Å². The monoisotopic (exact) mass is 450 g/mol. The number of fused-ring (bicyclic) bond motifs is 1. The Morgan fingerprint density at radius 2 is 1.90 bits per heavy atom. The Bertz CT molecular complexity index is 1010. The maximum absolute atomic E-state index is 13.0. The number of nitrogens with zero attached hydrogens (tertiary/aromatic N) is 3. The molecule has 2 aliphatic rings. The Balaban J connectivity index is 1.52. The number of amides is 1. The summed E-state index contributed by atoms with van der Waals surface area (Å²) in [6, 6.07) is 5.51. The van der Waals surface area contributed by atoms with Gasteiger partial charge in [-0.15, -0.1) is 0 Å². The van der Waals surface area contributed by atoms with Crippen LogP contribution in [0.25, 0.3) is 11.0 Å². The number of imidazole rings is 1. The van der Waals surface area contributed by atoms with Crippen LogP contribution in [0.1, 0.15) is 51.9 Å². The van der Waals surface area contributed by atoms with Crippen molar-refractivity contribution in [3.8, 4) is 0 Å². The van der Waals surface area contributed by atoms with Crippen LogP contribution in [-0.4, -0.2) is 53.1 Å². The molecular weight excluding hydrogens is 420 g/mol. The molecule has 4 rings (SSSR count). The van der Waals surface area contributed by atoms with E-state index in [0.717, 1.165) is 42.8 Å². The van der Waals surface area contributed by atoms with Crippen molar-refractivity contribution < 1.29 is 13.2 Å². The number of benzene rings is 1. The first-order chi connectivity index (χ1) is 14.5. The third-order valence-corrected chi connectivity index (χ3v) is 8.88. The van der Waals surface area contributed by atoms with Crippen molar-refractivity contribution in [1.82, 2.24) is 19.2 Å². The molecule has 2 heterocycles. The average molecular weight is 451 g/mol. The molecule has 0 radical (unpaired) electrons.